The van der Waals surface area contributed by atoms with E-state index in [1.165, 1.54) is 14.0 Å². The Bertz CT molecular complexity index is 633. The molecular weight excluding hydrogens is 222 g/mol. The van der Waals surface area contributed by atoms with Crippen LogP contribution in [0.25, 0.3) is 10.9 Å². The highest BCUT2D eigenvalue weighted by Crippen LogP contribution is 2.15. The minimum Gasteiger partial charge on any atom is -0.482 e. The maximum Gasteiger partial charge on any atom is 0.277 e. The number of nitrogens with one attached hydrogen (secondary N) is 2. The molecule has 0 aliphatic rings. The number of ether oxygens (including phenoxy) is 1. The highest BCUT2D eigenvalue weighted by molar-refractivity contribution is 5.89. The van der Waals surface area contributed by atoms with Gasteiger partial charge < -0.3 is 10.1 Å². The molecule has 2 heterocycles. The van der Waals surface area contributed by atoms with Crippen LogP contribution in [0.3, 0.4) is 0 Å². The molecule has 0 unspecified atom stereocenters. The van der Waals surface area contributed by atoms with Crippen LogP contribution in [0.5, 0.6) is 5.88 Å². The molecule has 0 saturated heterocycles. The molecular formula is C11H11N3O3. The molecule has 0 atom stereocenters. The monoisotopic (exact) mass is 233 g/mol. The van der Waals surface area contributed by atoms with E-state index in [0.717, 1.165) is 0 Å². The van der Waals surface area contributed by atoms with Crippen LogP contribution in [-0.4, -0.2) is 23.0 Å². The first-order valence-corrected chi connectivity index (χ1v) is 4.96. The Morgan fingerprint density at radius 3 is 2.88 bits per heavy atom. The SMILES string of the molecule is COc1cc2ccc(NC(C)=O)nc2c(=O)[nH]1. The van der Waals surface area contributed by atoms with Gasteiger partial charge in [-0.1, -0.05) is 0 Å². The standard InChI is InChI=1S/C11H11N3O3/c1-6(15)12-8-4-3-7-5-9(17-2)14-11(16)10(7)13-8/h3-5H,1-2H3,(H,14,16)(H,12,13,15). The van der Waals surface area contributed by atoms with E-state index in [2.05, 4.69) is 15.3 Å². The van der Waals surface area contributed by atoms with Gasteiger partial charge in [-0.05, 0) is 12.1 Å². The minimum absolute atomic E-state index is 0.234. The van der Waals surface area contributed by atoms with Gasteiger partial charge in [-0.15, -0.1) is 0 Å². The summed E-state index contributed by atoms with van der Waals surface area (Å²) in [4.78, 5) is 29.1. The lowest BCUT2D eigenvalue weighted by Crippen LogP contribution is -2.12. The number of aromatic amines is 1. The molecule has 2 rings (SSSR count). The summed E-state index contributed by atoms with van der Waals surface area (Å²) in [6, 6.07) is 5.00. The van der Waals surface area contributed by atoms with E-state index < -0.39 is 0 Å². The third-order valence-corrected chi connectivity index (χ3v) is 2.19. The number of methoxy groups -OCH3 is 1. The van der Waals surface area contributed by atoms with Gasteiger partial charge in [0, 0.05) is 18.4 Å². The van der Waals surface area contributed by atoms with Gasteiger partial charge in [-0.2, -0.15) is 0 Å². The fraction of sp³-hybridized carbons (Fsp3) is 0.182. The van der Waals surface area contributed by atoms with Crippen molar-refractivity contribution in [2.45, 2.75) is 6.92 Å². The van der Waals surface area contributed by atoms with Gasteiger partial charge in [0.2, 0.25) is 5.91 Å². The molecule has 6 nitrogen and oxygen atoms in total. The third kappa shape index (κ3) is 2.25. The number of hydrogen-bond donors (Lipinski definition) is 2. The first kappa shape index (κ1) is 11.1. The number of pyridine rings is 2. The van der Waals surface area contributed by atoms with Gasteiger partial charge in [-0.25, -0.2) is 4.98 Å². The molecule has 1 amide bonds. The Morgan fingerprint density at radius 1 is 1.47 bits per heavy atom. The van der Waals surface area contributed by atoms with Crippen molar-refractivity contribution in [2.24, 2.45) is 0 Å². The Balaban J connectivity index is 2.58. The van der Waals surface area contributed by atoms with Crippen LogP contribution in [-0.2, 0) is 4.79 Å². The van der Waals surface area contributed by atoms with Gasteiger partial charge in [-0.3, -0.25) is 14.6 Å². The molecule has 88 valence electrons. The largest absolute Gasteiger partial charge is 0.482 e. The van der Waals surface area contributed by atoms with E-state index in [-0.39, 0.29) is 17.0 Å². The minimum atomic E-state index is -0.355. The Hall–Kier alpha value is -2.37. The maximum atomic E-state index is 11.7. The van der Waals surface area contributed by atoms with E-state index in [1.807, 2.05) is 0 Å². The van der Waals surface area contributed by atoms with Gasteiger partial charge >= 0.3 is 0 Å². The highest BCUT2D eigenvalue weighted by atomic mass is 16.5. The number of aromatic nitrogens is 2. The fourth-order valence-electron chi connectivity index (χ4n) is 1.48. The number of rotatable bonds is 2. The second-order valence-electron chi connectivity index (χ2n) is 3.48. The molecule has 2 aromatic rings. The molecule has 0 bridgehead atoms. The summed E-state index contributed by atoms with van der Waals surface area (Å²) in [7, 11) is 1.47. The van der Waals surface area contributed by atoms with E-state index in [0.29, 0.717) is 17.1 Å². The van der Waals surface area contributed by atoms with Crippen LogP contribution in [0.15, 0.2) is 23.0 Å². The van der Waals surface area contributed by atoms with Crippen molar-refractivity contribution < 1.29 is 9.53 Å². The van der Waals surface area contributed by atoms with E-state index in [9.17, 15) is 9.59 Å². The average molecular weight is 233 g/mol. The predicted octanol–water partition coefficient (Wildman–Crippen LogP) is 0.890. The zero-order valence-corrected chi connectivity index (χ0v) is 9.40. The smallest absolute Gasteiger partial charge is 0.277 e. The first-order valence-electron chi connectivity index (χ1n) is 4.96. The Morgan fingerprint density at radius 2 is 2.24 bits per heavy atom. The molecule has 6 heteroatoms. The summed E-state index contributed by atoms with van der Waals surface area (Å²) in [6.45, 7) is 1.38. The normalized spacial score (nSPS) is 10.2. The van der Waals surface area contributed by atoms with Crippen LogP contribution >= 0.6 is 0 Å². The number of anilines is 1. The zero-order chi connectivity index (χ0) is 12.4. The number of carbonyl (C=O) groups excluding carboxylic acids is 1. The fourth-order valence-corrected chi connectivity index (χ4v) is 1.48. The average Bonchev–Trinajstić information content (AvgIpc) is 2.29. The summed E-state index contributed by atoms with van der Waals surface area (Å²) >= 11 is 0. The van der Waals surface area contributed by atoms with Crippen LogP contribution in [0.1, 0.15) is 6.92 Å². The van der Waals surface area contributed by atoms with Crippen LogP contribution in [0, 0.1) is 0 Å². The van der Waals surface area contributed by atoms with Crippen molar-refractivity contribution in [1.29, 1.82) is 0 Å². The van der Waals surface area contributed by atoms with Crippen LogP contribution in [0.2, 0.25) is 0 Å². The molecule has 0 spiro atoms. The molecule has 2 N–H and O–H groups in total. The highest BCUT2D eigenvalue weighted by Gasteiger charge is 2.05. The Labute approximate surface area is 96.6 Å². The lowest BCUT2D eigenvalue weighted by Gasteiger charge is -2.04. The molecule has 0 fully saturated rings. The second kappa shape index (κ2) is 4.25. The Kier molecular flexibility index (Phi) is 2.78. The van der Waals surface area contributed by atoms with Crippen molar-refractivity contribution in [2.75, 3.05) is 12.4 Å². The molecule has 0 radical (unpaired) electrons. The summed E-state index contributed by atoms with van der Waals surface area (Å²) < 4.78 is 4.94. The lowest BCUT2D eigenvalue weighted by atomic mass is 10.2. The van der Waals surface area contributed by atoms with Gasteiger partial charge in [0.1, 0.15) is 11.3 Å². The molecule has 0 aliphatic carbocycles. The number of carbonyl (C=O) groups is 1. The lowest BCUT2D eigenvalue weighted by molar-refractivity contribution is -0.114. The van der Waals surface area contributed by atoms with Crippen molar-refractivity contribution in [3.05, 3.63) is 28.6 Å². The topological polar surface area (TPSA) is 84.1 Å². The van der Waals surface area contributed by atoms with Crippen molar-refractivity contribution in [3.8, 4) is 5.88 Å². The summed E-state index contributed by atoms with van der Waals surface area (Å²) in [5.41, 5.74) is -0.0939. The molecule has 0 aromatic carbocycles. The summed E-state index contributed by atoms with van der Waals surface area (Å²) in [6.07, 6.45) is 0. The van der Waals surface area contributed by atoms with E-state index in [4.69, 9.17) is 4.74 Å². The number of nitrogens with zero attached hydrogens (tertiary/aromatic N) is 1. The van der Waals surface area contributed by atoms with Crippen molar-refractivity contribution >= 4 is 22.6 Å². The van der Waals surface area contributed by atoms with Gasteiger partial charge in [0.15, 0.2) is 5.88 Å². The van der Waals surface area contributed by atoms with Crippen LogP contribution < -0.4 is 15.6 Å². The van der Waals surface area contributed by atoms with Gasteiger partial charge in [0.25, 0.3) is 5.56 Å². The molecule has 2 aromatic heterocycles. The summed E-state index contributed by atoms with van der Waals surface area (Å²) in [5, 5.41) is 3.17. The first-order chi connectivity index (χ1) is 8.10. The number of H-pyrrole nitrogens is 1. The van der Waals surface area contributed by atoms with Crippen LogP contribution in [0.4, 0.5) is 5.82 Å². The number of fused-ring (bicyclic) bond motifs is 1. The maximum absolute atomic E-state index is 11.7. The molecule has 17 heavy (non-hydrogen) atoms. The number of amides is 1. The number of hydrogen-bond acceptors (Lipinski definition) is 4. The second-order valence-corrected chi connectivity index (χ2v) is 3.48. The van der Waals surface area contributed by atoms with E-state index >= 15 is 0 Å². The van der Waals surface area contributed by atoms with E-state index in [1.54, 1.807) is 18.2 Å². The molecule has 0 saturated carbocycles. The summed E-state index contributed by atoms with van der Waals surface area (Å²) in [5.74, 6) is 0.485. The quantitative estimate of drug-likeness (QED) is 0.806. The predicted molar refractivity (Wildman–Crippen MR) is 63.2 cm³/mol. The third-order valence-electron chi connectivity index (χ3n) is 2.19. The molecule has 0 aliphatic heterocycles. The van der Waals surface area contributed by atoms with Crippen molar-refractivity contribution in [3.63, 3.8) is 0 Å². The zero-order valence-electron chi connectivity index (χ0n) is 9.40. The van der Waals surface area contributed by atoms with Gasteiger partial charge in [0.05, 0.1) is 7.11 Å². The van der Waals surface area contributed by atoms with Crippen molar-refractivity contribution in [1.82, 2.24) is 9.97 Å².